The lowest BCUT2D eigenvalue weighted by Gasteiger charge is -2.35. The van der Waals surface area contributed by atoms with Crippen molar-refractivity contribution in [3.63, 3.8) is 0 Å². The summed E-state index contributed by atoms with van der Waals surface area (Å²) in [6, 6.07) is 10.1. The predicted octanol–water partition coefficient (Wildman–Crippen LogP) is 2.26. The summed E-state index contributed by atoms with van der Waals surface area (Å²) in [7, 11) is 1.98. The number of aromatic amines is 1. The molecule has 0 aliphatic carbocycles. The molecule has 1 fully saturated rings. The number of pyridine rings is 1. The third kappa shape index (κ3) is 2.37. The van der Waals surface area contributed by atoms with Gasteiger partial charge in [-0.2, -0.15) is 10.2 Å². The van der Waals surface area contributed by atoms with Crippen LogP contribution in [0.4, 0.5) is 10.2 Å². The fourth-order valence-corrected chi connectivity index (χ4v) is 3.43. The van der Waals surface area contributed by atoms with E-state index in [1.54, 1.807) is 12.5 Å². The maximum atomic E-state index is 13.2. The number of nitrogens with one attached hydrogen (secondary N) is 2. The Balaban J connectivity index is 1.54. The van der Waals surface area contributed by atoms with E-state index in [1.165, 1.54) is 0 Å². The van der Waals surface area contributed by atoms with Gasteiger partial charge in [0, 0.05) is 24.2 Å². The lowest BCUT2D eigenvalue weighted by Crippen LogP contribution is -2.48. The Kier molecular flexibility index (Phi) is 3.31. The van der Waals surface area contributed by atoms with Gasteiger partial charge in [-0.1, -0.05) is 6.07 Å². The van der Waals surface area contributed by atoms with Gasteiger partial charge in [0.25, 0.3) is 0 Å². The number of alkyl halides is 1. The highest BCUT2D eigenvalue weighted by atomic mass is 19.1. The van der Waals surface area contributed by atoms with E-state index in [0.717, 1.165) is 33.5 Å². The van der Waals surface area contributed by atoms with Crippen molar-refractivity contribution in [1.29, 1.82) is 0 Å². The standard InChI is InChI=1S/C18H18FN7/c1-25-10-21-24-18(25)12-2-3-15-14(6-12)17(23-22-15)11-4-5-20-16(7-11)26-8-13(19)9-26/h2-7,10,13,18,24H,8-9H2,1H3,(H,22,23). The molecule has 2 N–H and O–H groups in total. The summed E-state index contributed by atoms with van der Waals surface area (Å²) in [5.41, 5.74) is 7.00. The number of hydrazone groups is 1. The van der Waals surface area contributed by atoms with Crippen molar-refractivity contribution < 1.29 is 4.39 Å². The highest BCUT2D eigenvalue weighted by Crippen LogP contribution is 2.31. The van der Waals surface area contributed by atoms with E-state index in [9.17, 15) is 4.39 Å². The molecule has 2 aliphatic heterocycles. The Hall–Kier alpha value is -3.16. The molecule has 7 nitrogen and oxygen atoms in total. The van der Waals surface area contributed by atoms with Crippen LogP contribution in [-0.2, 0) is 0 Å². The topological polar surface area (TPSA) is 72.4 Å². The van der Waals surface area contributed by atoms with Gasteiger partial charge in [-0.3, -0.25) is 10.5 Å². The van der Waals surface area contributed by atoms with Gasteiger partial charge in [-0.05, 0) is 29.8 Å². The Morgan fingerprint density at radius 3 is 2.85 bits per heavy atom. The molecule has 1 aromatic carbocycles. The normalized spacial score (nSPS) is 19.8. The SMILES string of the molecule is CN1C=NNC1c1ccc2[nH]nc(-c3ccnc(N4CC(F)C4)c3)c2c1. The number of hydrogen-bond donors (Lipinski definition) is 2. The summed E-state index contributed by atoms with van der Waals surface area (Å²) in [4.78, 5) is 8.31. The molecule has 2 aromatic heterocycles. The molecular weight excluding hydrogens is 333 g/mol. The second kappa shape index (κ2) is 5.69. The third-order valence-corrected chi connectivity index (χ3v) is 4.93. The third-order valence-electron chi connectivity index (χ3n) is 4.93. The van der Waals surface area contributed by atoms with Crippen LogP contribution in [-0.4, -0.2) is 52.7 Å². The second-order valence-electron chi connectivity index (χ2n) is 6.72. The Labute approximate surface area is 149 Å². The van der Waals surface area contributed by atoms with E-state index < -0.39 is 6.17 Å². The van der Waals surface area contributed by atoms with Crippen LogP contribution in [0.5, 0.6) is 0 Å². The quantitative estimate of drug-likeness (QED) is 0.757. The summed E-state index contributed by atoms with van der Waals surface area (Å²) in [5, 5.41) is 12.7. The summed E-state index contributed by atoms with van der Waals surface area (Å²) in [6.45, 7) is 0.809. The highest BCUT2D eigenvalue weighted by molar-refractivity contribution is 5.93. The average Bonchev–Trinajstić information content (AvgIpc) is 3.24. The lowest BCUT2D eigenvalue weighted by molar-refractivity contribution is 0.273. The first-order chi connectivity index (χ1) is 12.7. The molecule has 5 rings (SSSR count). The Morgan fingerprint density at radius 1 is 1.19 bits per heavy atom. The van der Waals surface area contributed by atoms with Crippen molar-refractivity contribution in [2.24, 2.45) is 5.10 Å². The molecule has 0 saturated carbocycles. The van der Waals surface area contributed by atoms with Gasteiger partial charge in [0.2, 0.25) is 0 Å². The van der Waals surface area contributed by atoms with Gasteiger partial charge in [-0.25, -0.2) is 9.37 Å². The van der Waals surface area contributed by atoms with Gasteiger partial charge in [-0.15, -0.1) is 0 Å². The first kappa shape index (κ1) is 15.1. The van der Waals surface area contributed by atoms with Crippen molar-refractivity contribution in [1.82, 2.24) is 25.5 Å². The van der Waals surface area contributed by atoms with Crippen molar-refractivity contribution in [3.8, 4) is 11.3 Å². The maximum Gasteiger partial charge on any atom is 0.142 e. The summed E-state index contributed by atoms with van der Waals surface area (Å²) in [5.74, 6) is 0.786. The minimum atomic E-state index is -0.757. The van der Waals surface area contributed by atoms with Crippen LogP contribution in [0.3, 0.4) is 0 Å². The molecule has 0 spiro atoms. The fourth-order valence-electron chi connectivity index (χ4n) is 3.43. The van der Waals surface area contributed by atoms with E-state index in [1.807, 2.05) is 35.0 Å². The number of halogens is 1. The van der Waals surface area contributed by atoms with Gasteiger partial charge in [0.1, 0.15) is 30.2 Å². The maximum absolute atomic E-state index is 13.2. The van der Waals surface area contributed by atoms with Crippen molar-refractivity contribution in [2.75, 3.05) is 25.0 Å². The van der Waals surface area contributed by atoms with Gasteiger partial charge in [0.15, 0.2) is 0 Å². The van der Waals surface area contributed by atoms with E-state index >= 15 is 0 Å². The predicted molar refractivity (Wildman–Crippen MR) is 98.6 cm³/mol. The van der Waals surface area contributed by atoms with E-state index in [0.29, 0.717) is 13.1 Å². The number of anilines is 1. The van der Waals surface area contributed by atoms with Crippen LogP contribution in [0.1, 0.15) is 11.7 Å². The van der Waals surface area contributed by atoms with E-state index in [2.05, 4.69) is 37.8 Å². The largest absolute Gasteiger partial charge is 0.351 e. The van der Waals surface area contributed by atoms with Gasteiger partial charge < -0.3 is 9.80 Å². The zero-order chi connectivity index (χ0) is 17.7. The number of H-pyrrole nitrogens is 1. The van der Waals surface area contributed by atoms with Crippen LogP contribution in [0.2, 0.25) is 0 Å². The molecule has 8 heteroatoms. The Morgan fingerprint density at radius 2 is 2.08 bits per heavy atom. The van der Waals surface area contributed by atoms with Crippen LogP contribution in [0.25, 0.3) is 22.2 Å². The zero-order valence-electron chi connectivity index (χ0n) is 14.2. The number of rotatable bonds is 3. The van der Waals surface area contributed by atoms with Crippen LogP contribution in [0, 0.1) is 0 Å². The first-order valence-electron chi connectivity index (χ1n) is 8.53. The van der Waals surface area contributed by atoms with Crippen molar-refractivity contribution in [2.45, 2.75) is 12.3 Å². The fraction of sp³-hybridized carbons (Fsp3) is 0.278. The Bertz CT molecular complexity index is 992. The van der Waals surface area contributed by atoms with Crippen LogP contribution < -0.4 is 10.3 Å². The molecule has 0 bridgehead atoms. The van der Waals surface area contributed by atoms with E-state index in [-0.39, 0.29) is 6.17 Å². The number of aromatic nitrogens is 3. The molecule has 132 valence electrons. The summed E-state index contributed by atoms with van der Waals surface area (Å²) < 4.78 is 13.2. The molecule has 26 heavy (non-hydrogen) atoms. The molecule has 0 radical (unpaired) electrons. The number of benzene rings is 1. The molecule has 1 saturated heterocycles. The number of fused-ring (bicyclic) bond motifs is 1. The molecule has 4 heterocycles. The van der Waals surface area contributed by atoms with Gasteiger partial charge in [0.05, 0.1) is 18.6 Å². The van der Waals surface area contributed by atoms with Crippen molar-refractivity contribution >= 4 is 23.1 Å². The second-order valence-corrected chi connectivity index (χ2v) is 6.72. The number of nitrogens with zero attached hydrogens (tertiary/aromatic N) is 5. The highest BCUT2D eigenvalue weighted by Gasteiger charge is 2.27. The van der Waals surface area contributed by atoms with E-state index in [4.69, 9.17) is 0 Å². The molecule has 1 unspecified atom stereocenters. The monoisotopic (exact) mass is 351 g/mol. The molecular formula is C18H18FN7. The smallest absolute Gasteiger partial charge is 0.142 e. The first-order valence-corrected chi connectivity index (χ1v) is 8.53. The summed E-state index contributed by atoms with van der Waals surface area (Å²) >= 11 is 0. The minimum Gasteiger partial charge on any atom is -0.351 e. The van der Waals surface area contributed by atoms with Crippen LogP contribution in [0.15, 0.2) is 41.6 Å². The number of hydrogen-bond acceptors (Lipinski definition) is 6. The average molecular weight is 351 g/mol. The molecule has 2 aliphatic rings. The minimum absolute atomic E-state index is 0.0118. The molecule has 3 aromatic rings. The molecule has 0 amide bonds. The van der Waals surface area contributed by atoms with Gasteiger partial charge >= 0.3 is 0 Å². The lowest BCUT2D eigenvalue weighted by atomic mass is 10.0. The van der Waals surface area contributed by atoms with Crippen LogP contribution >= 0.6 is 0 Å². The zero-order valence-corrected chi connectivity index (χ0v) is 14.2. The molecule has 1 atom stereocenters. The summed E-state index contributed by atoms with van der Waals surface area (Å²) in [6.07, 6.45) is 2.77. The van der Waals surface area contributed by atoms with Crippen molar-refractivity contribution in [3.05, 3.63) is 42.1 Å².